The highest BCUT2D eigenvalue weighted by Crippen LogP contribution is 2.23. The van der Waals surface area contributed by atoms with Crippen LogP contribution in [0.2, 0.25) is 0 Å². The lowest BCUT2D eigenvalue weighted by molar-refractivity contribution is -0.302. The van der Waals surface area contributed by atoms with Crippen molar-refractivity contribution in [2.45, 2.75) is 333 Å². The van der Waals surface area contributed by atoms with Gasteiger partial charge in [0, 0.05) is 6.42 Å². The molecule has 9 heteroatoms. The molecule has 0 aromatic heterocycles. The molecule has 1 heterocycles. The van der Waals surface area contributed by atoms with Gasteiger partial charge in [-0.1, -0.05) is 269 Å². The monoisotopic (exact) mass is 990 g/mol. The maximum Gasteiger partial charge on any atom is 0.220 e. The molecule has 0 aromatic rings. The van der Waals surface area contributed by atoms with Crippen LogP contribution in [0.15, 0.2) is 36.5 Å². The van der Waals surface area contributed by atoms with Crippen molar-refractivity contribution in [1.29, 1.82) is 0 Å². The van der Waals surface area contributed by atoms with Crippen molar-refractivity contribution in [3.8, 4) is 0 Å². The van der Waals surface area contributed by atoms with Crippen LogP contribution < -0.4 is 5.32 Å². The van der Waals surface area contributed by atoms with E-state index in [1.54, 1.807) is 6.08 Å². The molecular formula is C61H115NO8. The molecule has 9 nitrogen and oxygen atoms in total. The largest absolute Gasteiger partial charge is 0.394 e. The fraction of sp³-hybridized carbons (Fsp3) is 0.885. The van der Waals surface area contributed by atoms with Gasteiger partial charge >= 0.3 is 0 Å². The lowest BCUT2D eigenvalue weighted by Crippen LogP contribution is -2.60. The van der Waals surface area contributed by atoms with E-state index in [1.807, 2.05) is 6.08 Å². The molecule has 1 aliphatic rings. The number of carbonyl (C=O) groups is 1. The topological polar surface area (TPSA) is 149 Å². The fourth-order valence-electron chi connectivity index (χ4n) is 9.63. The first-order chi connectivity index (χ1) is 34.3. The molecule has 0 radical (unpaired) electrons. The molecular weight excluding hydrogens is 875 g/mol. The first-order valence-electron chi connectivity index (χ1n) is 30.2. The van der Waals surface area contributed by atoms with Crippen molar-refractivity contribution in [1.82, 2.24) is 5.32 Å². The summed E-state index contributed by atoms with van der Waals surface area (Å²) in [5, 5.41) is 54.1. The predicted octanol–water partition coefficient (Wildman–Crippen LogP) is 15.1. The van der Waals surface area contributed by atoms with Crippen molar-refractivity contribution in [3.63, 3.8) is 0 Å². The van der Waals surface area contributed by atoms with Crippen LogP contribution in [0.4, 0.5) is 0 Å². The number of allylic oxidation sites excluding steroid dienone is 5. The molecule has 6 N–H and O–H groups in total. The highest BCUT2D eigenvalue weighted by molar-refractivity contribution is 5.76. The zero-order valence-electron chi connectivity index (χ0n) is 45.8. The minimum absolute atomic E-state index is 0.186. The minimum atomic E-state index is -1.57. The summed E-state index contributed by atoms with van der Waals surface area (Å²) in [6, 6.07) is -0.817. The SMILES string of the molecule is CCCC/C=C/CC/C=C/C(O)C(COC1OC(CO)C(O)C(O)C1O)NC(=O)CCCCCCCCCCCCCCCCCCCCCCCCCCCCC/C=C\CCCCCCCCCC. The standard InChI is InChI=1S/C61H115NO8/c1-3-5-7-9-11-13-14-15-16-17-18-19-20-21-22-23-24-25-26-27-28-29-30-31-32-33-34-35-36-37-38-39-40-41-42-43-45-47-49-51-57(65)62-54(55(64)50-48-46-44-12-10-8-6-4-2)53-69-61-60(68)59(67)58(66)56(52-63)70-61/h10,12,17-18,48,50,54-56,58-61,63-64,66-68H,3-9,11,13-16,19-47,49,51-53H2,1-2H3,(H,62,65)/b12-10+,18-17-,50-48+. The van der Waals surface area contributed by atoms with Crippen molar-refractivity contribution < 1.29 is 39.8 Å². The van der Waals surface area contributed by atoms with Crippen LogP contribution in [-0.2, 0) is 14.3 Å². The van der Waals surface area contributed by atoms with Gasteiger partial charge in [-0.2, -0.15) is 0 Å². The van der Waals surface area contributed by atoms with E-state index in [0.29, 0.717) is 6.42 Å². The summed E-state index contributed by atoms with van der Waals surface area (Å²) in [4.78, 5) is 13.0. The van der Waals surface area contributed by atoms with Crippen LogP contribution in [0.3, 0.4) is 0 Å². The lowest BCUT2D eigenvalue weighted by Gasteiger charge is -2.40. The van der Waals surface area contributed by atoms with Gasteiger partial charge in [0.05, 0.1) is 25.4 Å². The van der Waals surface area contributed by atoms with Crippen molar-refractivity contribution in [2.24, 2.45) is 0 Å². The maximum absolute atomic E-state index is 13.0. The van der Waals surface area contributed by atoms with Crippen molar-refractivity contribution in [2.75, 3.05) is 13.2 Å². The molecule has 7 unspecified atom stereocenters. The highest BCUT2D eigenvalue weighted by atomic mass is 16.7. The van der Waals surface area contributed by atoms with E-state index in [2.05, 4.69) is 43.5 Å². The third-order valence-electron chi connectivity index (χ3n) is 14.4. The number of hydrogen-bond donors (Lipinski definition) is 6. The number of unbranched alkanes of at least 4 members (excludes halogenated alkanes) is 38. The van der Waals surface area contributed by atoms with Gasteiger partial charge in [0.15, 0.2) is 6.29 Å². The second-order valence-electron chi connectivity index (χ2n) is 21.1. The quantitative estimate of drug-likeness (QED) is 0.0261. The van der Waals surface area contributed by atoms with E-state index < -0.39 is 49.5 Å². The Kier molecular flexibility index (Phi) is 48.3. The molecule has 1 fully saturated rings. The lowest BCUT2D eigenvalue weighted by atomic mass is 9.99. The third-order valence-corrected chi connectivity index (χ3v) is 14.4. The Morgan fingerprint density at radius 2 is 0.829 bits per heavy atom. The number of nitrogens with one attached hydrogen (secondary N) is 1. The molecule has 1 aliphatic heterocycles. The number of rotatable bonds is 52. The maximum atomic E-state index is 13.0. The number of aliphatic hydroxyl groups is 5. The highest BCUT2D eigenvalue weighted by Gasteiger charge is 2.44. The molecule has 70 heavy (non-hydrogen) atoms. The summed E-state index contributed by atoms with van der Waals surface area (Å²) in [6.07, 6.45) is 60.1. The molecule has 0 aromatic carbocycles. The molecule has 412 valence electrons. The van der Waals surface area contributed by atoms with E-state index in [9.17, 15) is 30.3 Å². The zero-order valence-corrected chi connectivity index (χ0v) is 45.8. The number of ether oxygens (including phenoxy) is 2. The van der Waals surface area contributed by atoms with Gasteiger partial charge in [0.25, 0.3) is 0 Å². The van der Waals surface area contributed by atoms with Crippen LogP contribution in [0.25, 0.3) is 0 Å². The molecule has 0 spiro atoms. The third kappa shape index (κ3) is 39.9. The Bertz CT molecular complexity index is 1190. The first-order valence-corrected chi connectivity index (χ1v) is 30.2. The average molecular weight is 991 g/mol. The number of carbonyl (C=O) groups excluding carboxylic acids is 1. The summed E-state index contributed by atoms with van der Waals surface area (Å²) in [7, 11) is 0. The van der Waals surface area contributed by atoms with Gasteiger partial charge in [-0.3, -0.25) is 4.79 Å². The van der Waals surface area contributed by atoms with Gasteiger partial charge < -0.3 is 40.3 Å². The van der Waals surface area contributed by atoms with Crippen molar-refractivity contribution >= 4 is 5.91 Å². The summed E-state index contributed by atoms with van der Waals surface area (Å²) < 4.78 is 11.2. The Hall–Kier alpha value is -1.59. The number of aliphatic hydroxyl groups excluding tert-OH is 5. The Morgan fingerprint density at radius 3 is 1.24 bits per heavy atom. The van der Waals surface area contributed by atoms with E-state index in [-0.39, 0.29) is 12.5 Å². The second-order valence-corrected chi connectivity index (χ2v) is 21.1. The van der Waals surface area contributed by atoms with E-state index in [4.69, 9.17) is 9.47 Å². The molecule has 1 amide bonds. The fourth-order valence-corrected chi connectivity index (χ4v) is 9.63. The van der Waals surface area contributed by atoms with Crippen LogP contribution in [0, 0.1) is 0 Å². The normalized spacial score (nSPS) is 19.6. The van der Waals surface area contributed by atoms with E-state index in [1.165, 1.54) is 225 Å². The molecule has 0 bridgehead atoms. The van der Waals surface area contributed by atoms with E-state index in [0.717, 1.165) is 44.9 Å². The van der Waals surface area contributed by atoms with Gasteiger partial charge in [0.2, 0.25) is 5.91 Å². The van der Waals surface area contributed by atoms with Gasteiger partial charge in [-0.15, -0.1) is 0 Å². The molecule has 0 saturated carbocycles. The van der Waals surface area contributed by atoms with Crippen LogP contribution in [-0.4, -0.2) is 87.5 Å². The number of hydrogen-bond acceptors (Lipinski definition) is 8. The summed E-state index contributed by atoms with van der Waals surface area (Å²) in [5.74, 6) is -0.186. The Morgan fingerprint density at radius 1 is 0.471 bits per heavy atom. The van der Waals surface area contributed by atoms with Crippen molar-refractivity contribution in [3.05, 3.63) is 36.5 Å². The average Bonchev–Trinajstić information content (AvgIpc) is 3.36. The molecule has 1 rings (SSSR count). The van der Waals surface area contributed by atoms with Gasteiger partial charge in [-0.05, 0) is 51.4 Å². The molecule has 7 atom stereocenters. The summed E-state index contributed by atoms with van der Waals surface area (Å²) in [6.45, 7) is 3.70. The zero-order chi connectivity index (χ0) is 50.8. The smallest absolute Gasteiger partial charge is 0.220 e. The Labute approximate surface area is 431 Å². The summed E-state index contributed by atoms with van der Waals surface area (Å²) >= 11 is 0. The van der Waals surface area contributed by atoms with E-state index >= 15 is 0 Å². The summed E-state index contributed by atoms with van der Waals surface area (Å²) in [5.41, 5.74) is 0. The predicted molar refractivity (Wildman–Crippen MR) is 295 cm³/mol. The molecule has 1 saturated heterocycles. The van der Waals surface area contributed by atoms with Crippen LogP contribution in [0.1, 0.15) is 290 Å². The van der Waals surface area contributed by atoms with Crippen LogP contribution in [0.5, 0.6) is 0 Å². The molecule has 0 aliphatic carbocycles. The number of amides is 1. The second kappa shape index (κ2) is 50.9. The van der Waals surface area contributed by atoms with Crippen LogP contribution >= 0.6 is 0 Å². The Balaban J connectivity index is 1.96. The van der Waals surface area contributed by atoms with Gasteiger partial charge in [-0.25, -0.2) is 0 Å². The first kappa shape index (κ1) is 66.4. The van der Waals surface area contributed by atoms with Gasteiger partial charge in [0.1, 0.15) is 24.4 Å². The minimum Gasteiger partial charge on any atom is -0.394 e.